The predicted molar refractivity (Wildman–Crippen MR) is 88.3 cm³/mol. The minimum atomic E-state index is -0.124. The van der Waals surface area contributed by atoms with Crippen LogP contribution in [0.3, 0.4) is 0 Å². The fourth-order valence-electron chi connectivity index (χ4n) is 3.56. The number of carbonyl (C=O) groups excluding carboxylic acids is 2. The highest BCUT2D eigenvalue weighted by molar-refractivity contribution is 5.96. The zero-order valence-electron chi connectivity index (χ0n) is 13.7. The van der Waals surface area contributed by atoms with Crippen LogP contribution in [0, 0.1) is 5.92 Å². The minimum absolute atomic E-state index is 0.0120. The lowest BCUT2D eigenvalue weighted by Crippen LogP contribution is -2.45. The fraction of sp³-hybridized carbons (Fsp3) is 0.556. The van der Waals surface area contributed by atoms with Gasteiger partial charge in [0.2, 0.25) is 5.91 Å². The summed E-state index contributed by atoms with van der Waals surface area (Å²) in [5.74, 6) is 0.0247. The van der Waals surface area contributed by atoms with E-state index in [0.29, 0.717) is 6.54 Å². The van der Waals surface area contributed by atoms with Crippen LogP contribution in [0.25, 0.3) is 0 Å². The van der Waals surface area contributed by atoms with Crippen molar-refractivity contribution in [3.05, 3.63) is 29.8 Å². The van der Waals surface area contributed by atoms with E-state index in [1.165, 1.54) is 12.7 Å². The van der Waals surface area contributed by atoms with E-state index in [4.69, 9.17) is 4.74 Å². The molecular weight excluding hydrogens is 292 g/mol. The molecule has 1 saturated heterocycles. The normalized spacial score (nSPS) is 19.3. The molecular formula is C18H24N2O3. The molecule has 0 aliphatic carbocycles. The zero-order valence-corrected chi connectivity index (χ0v) is 13.7. The zero-order chi connectivity index (χ0) is 16.2. The van der Waals surface area contributed by atoms with Crippen LogP contribution >= 0.6 is 0 Å². The highest BCUT2D eigenvalue weighted by Crippen LogP contribution is 2.27. The van der Waals surface area contributed by atoms with E-state index >= 15 is 0 Å². The number of carbonyl (C=O) groups is 2. The van der Waals surface area contributed by atoms with Gasteiger partial charge in [0.15, 0.2) is 0 Å². The molecule has 0 aromatic heterocycles. The first-order valence-corrected chi connectivity index (χ1v) is 8.37. The Morgan fingerprint density at radius 1 is 1.17 bits per heavy atom. The molecule has 23 heavy (non-hydrogen) atoms. The van der Waals surface area contributed by atoms with Crippen LogP contribution in [-0.4, -0.2) is 50.1 Å². The van der Waals surface area contributed by atoms with Crippen molar-refractivity contribution in [3.63, 3.8) is 0 Å². The third kappa shape index (κ3) is 3.55. The van der Waals surface area contributed by atoms with Crippen molar-refractivity contribution in [1.82, 2.24) is 4.90 Å². The number of piperidine rings is 1. The Morgan fingerprint density at radius 3 is 2.65 bits per heavy atom. The summed E-state index contributed by atoms with van der Waals surface area (Å²) in [5, 5.41) is 0. The molecule has 2 heterocycles. The topological polar surface area (TPSA) is 49.9 Å². The van der Waals surface area contributed by atoms with Crippen LogP contribution < -0.4 is 4.90 Å². The van der Waals surface area contributed by atoms with Crippen LogP contribution in [0.4, 0.5) is 5.69 Å². The van der Waals surface area contributed by atoms with Gasteiger partial charge in [0, 0.05) is 12.2 Å². The molecule has 0 radical (unpaired) electrons. The van der Waals surface area contributed by atoms with Crippen LogP contribution in [0.1, 0.15) is 24.8 Å². The van der Waals surface area contributed by atoms with E-state index in [0.717, 1.165) is 51.0 Å². The number of para-hydroxylation sites is 1. The third-order valence-electron chi connectivity index (χ3n) is 4.89. The van der Waals surface area contributed by atoms with Crippen molar-refractivity contribution < 1.29 is 14.3 Å². The Balaban J connectivity index is 1.58. The summed E-state index contributed by atoms with van der Waals surface area (Å²) in [6.45, 7) is 2.79. The first-order chi connectivity index (χ1) is 11.2. The van der Waals surface area contributed by atoms with Gasteiger partial charge in [-0.15, -0.1) is 0 Å². The monoisotopic (exact) mass is 316 g/mol. The number of anilines is 1. The fourth-order valence-corrected chi connectivity index (χ4v) is 3.56. The van der Waals surface area contributed by atoms with Gasteiger partial charge >= 0.3 is 5.97 Å². The van der Waals surface area contributed by atoms with Gasteiger partial charge in [0.1, 0.15) is 0 Å². The lowest BCUT2D eigenvalue weighted by atomic mass is 9.97. The van der Waals surface area contributed by atoms with Crippen LogP contribution in [0.2, 0.25) is 0 Å². The van der Waals surface area contributed by atoms with Crippen molar-refractivity contribution in [3.8, 4) is 0 Å². The summed E-state index contributed by atoms with van der Waals surface area (Å²) in [6.07, 6.45) is 3.62. The number of ether oxygens (including phenoxy) is 1. The number of methoxy groups -OCH3 is 1. The Bertz CT molecular complexity index is 579. The largest absolute Gasteiger partial charge is 0.469 e. The SMILES string of the molecule is COC(=O)C1CCN(CC(=O)N2CCCc3ccccc32)CC1. The molecule has 0 unspecified atom stereocenters. The first-order valence-electron chi connectivity index (χ1n) is 8.37. The molecule has 3 rings (SSSR count). The molecule has 0 atom stereocenters. The summed E-state index contributed by atoms with van der Waals surface area (Å²) in [7, 11) is 1.44. The molecule has 5 heteroatoms. The van der Waals surface area contributed by atoms with Gasteiger partial charge in [-0.25, -0.2) is 0 Å². The van der Waals surface area contributed by atoms with E-state index in [-0.39, 0.29) is 17.8 Å². The van der Waals surface area contributed by atoms with Crippen molar-refractivity contribution in [2.24, 2.45) is 5.92 Å². The van der Waals surface area contributed by atoms with E-state index in [9.17, 15) is 9.59 Å². The van der Waals surface area contributed by atoms with E-state index < -0.39 is 0 Å². The van der Waals surface area contributed by atoms with E-state index in [1.807, 2.05) is 23.1 Å². The number of amides is 1. The van der Waals surface area contributed by atoms with E-state index in [2.05, 4.69) is 11.0 Å². The Hall–Kier alpha value is -1.88. The molecule has 0 saturated carbocycles. The smallest absolute Gasteiger partial charge is 0.308 e. The van der Waals surface area contributed by atoms with Crippen LogP contribution in [0.5, 0.6) is 0 Å². The van der Waals surface area contributed by atoms with Gasteiger partial charge in [-0.05, 0) is 50.4 Å². The number of esters is 1. The van der Waals surface area contributed by atoms with Crippen molar-refractivity contribution in [2.75, 3.05) is 38.2 Å². The summed E-state index contributed by atoms with van der Waals surface area (Å²) < 4.78 is 4.81. The highest BCUT2D eigenvalue weighted by atomic mass is 16.5. The van der Waals surface area contributed by atoms with Gasteiger partial charge in [-0.2, -0.15) is 0 Å². The number of hydrogen-bond donors (Lipinski definition) is 0. The second-order valence-electron chi connectivity index (χ2n) is 6.35. The Morgan fingerprint density at radius 2 is 1.91 bits per heavy atom. The number of aryl methyl sites for hydroxylation is 1. The van der Waals surface area contributed by atoms with Crippen molar-refractivity contribution in [1.29, 1.82) is 0 Å². The maximum Gasteiger partial charge on any atom is 0.308 e. The standard InChI is InChI=1S/C18H24N2O3/c1-23-18(22)15-8-11-19(12-9-15)13-17(21)20-10-4-6-14-5-2-3-7-16(14)20/h2-3,5,7,15H,4,6,8-13H2,1H3. The molecule has 1 aromatic rings. The molecule has 2 aliphatic rings. The molecule has 1 aromatic carbocycles. The Labute approximate surface area is 137 Å². The summed E-state index contributed by atoms with van der Waals surface area (Å²) >= 11 is 0. The average Bonchev–Trinajstić information content (AvgIpc) is 2.61. The predicted octanol–water partition coefficient (Wildman–Crippen LogP) is 1.85. The maximum atomic E-state index is 12.7. The lowest BCUT2D eigenvalue weighted by molar-refractivity contribution is -0.147. The second-order valence-corrected chi connectivity index (χ2v) is 6.35. The number of rotatable bonds is 3. The molecule has 0 spiro atoms. The van der Waals surface area contributed by atoms with Gasteiger partial charge in [0.05, 0.1) is 19.6 Å². The molecule has 5 nitrogen and oxygen atoms in total. The third-order valence-corrected chi connectivity index (χ3v) is 4.89. The molecule has 2 aliphatic heterocycles. The number of hydrogen-bond acceptors (Lipinski definition) is 4. The number of benzene rings is 1. The average molecular weight is 316 g/mol. The van der Waals surface area contributed by atoms with Crippen LogP contribution in [0.15, 0.2) is 24.3 Å². The van der Waals surface area contributed by atoms with Gasteiger partial charge < -0.3 is 9.64 Å². The maximum absolute atomic E-state index is 12.7. The molecule has 0 N–H and O–H groups in total. The first kappa shape index (κ1) is 16.0. The molecule has 0 bridgehead atoms. The van der Waals surface area contributed by atoms with Crippen molar-refractivity contribution >= 4 is 17.6 Å². The minimum Gasteiger partial charge on any atom is -0.469 e. The van der Waals surface area contributed by atoms with Gasteiger partial charge in [0.25, 0.3) is 0 Å². The number of fused-ring (bicyclic) bond motifs is 1. The number of nitrogens with zero attached hydrogens (tertiary/aromatic N) is 2. The van der Waals surface area contributed by atoms with Gasteiger partial charge in [-0.3, -0.25) is 14.5 Å². The highest BCUT2D eigenvalue weighted by Gasteiger charge is 2.28. The summed E-state index contributed by atoms with van der Waals surface area (Å²) in [5.41, 5.74) is 2.32. The molecule has 1 fully saturated rings. The second kappa shape index (κ2) is 7.13. The summed E-state index contributed by atoms with van der Waals surface area (Å²) in [4.78, 5) is 28.3. The van der Waals surface area contributed by atoms with Crippen molar-refractivity contribution in [2.45, 2.75) is 25.7 Å². The molecule has 1 amide bonds. The quantitative estimate of drug-likeness (QED) is 0.799. The van der Waals surface area contributed by atoms with E-state index in [1.54, 1.807) is 0 Å². The number of likely N-dealkylation sites (tertiary alicyclic amines) is 1. The Kier molecular flexibility index (Phi) is 4.96. The molecule has 124 valence electrons. The lowest BCUT2D eigenvalue weighted by Gasteiger charge is -2.34. The summed E-state index contributed by atoms with van der Waals surface area (Å²) in [6, 6.07) is 8.17. The van der Waals surface area contributed by atoms with Gasteiger partial charge in [-0.1, -0.05) is 18.2 Å². The van der Waals surface area contributed by atoms with Crippen LogP contribution in [-0.2, 0) is 20.7 Å².